The van der Waals surface area contributed by atoms with E-state index in [4.69, 9.17) is 5.73 Å². The molecule has 0 aliphatic heterocycles. The number of carbonyl (C=O) groups excluding carboxylic acids is 1. The monoisotopic (exact) mass is 202 g/mol. The third kappa shape index (κ3) is 1.85. The van der Waals surface area contributed by atoms with Gasteiger partial charge in [-0.25, -0.2) is 4.98 Å². The van der Waals surface area contributed by atoms with Crippen molar-refractivity contribution in [2.75, 3.05) is 5.73 Å². The number of aromatic nitrogens is 3. The SMILES string of the molecule is Cn1cc(C(=O)c2cccc(N)n2)cn1. The Morgan fingerprint density at radius 3 is 2.87 bits per heavy atom. The highest BCUT2D eigenvalue weighted by molar-refractivity contribution is 6.07. The van der Waals surface area contributed by atoms with Gasteiger partial charge < -0.3 is 5.73 Å². The van der Waals surface area contributed by atoms with Crippen LogP contribution in [0.1, 0.15) is 16.1 Å². The van der Waals surface area contributed by atoms with Crippen LogP contribution >= 0.6 is 0 Å². The molecule has 2 aromatic rings. The van der Waals surface area contributed by atoms with Crippen LogP contribution in [-0.2, 0) is 7.05 Å². The molecule has 0 amide bonds. The standard InChI is InChI=1S/C10H10N4O/c1-14-6-7(5-12-14)10(15)8-3-2-4-9(11)13-8/h2-6H,1H3,(H2,11,13). The summed E-state index contributed by atoms with van der Waals surface area (Å²) < 4.78 is 1.57. The van der Waals surface area contributed by atoms with E-state index in [0.717, 1.165) is 0 Å². The smallest absolute Gasteiger partial charge is 0.214 e. The lowest BCUT2D eigenvalue weighted by Gasteiger charge is -1.97. The second-order valence-corrected chi connectivity index (χ2v) is 3.18. The van der Waals surface area contributed by atoms with Crippen molar-refractivity contribution < 1.29 is 4.79 Å². The van der Waals surface area contributed by atoms with E-state index < -0.39 is 0 Å². The molecule has 0 unspecified atom stereocenters. The molecule has 2 aromatic heterocycles. The maximum atomic E-state index is 11.8. The van der Waals surface area contributed by atoms with Crippen LogP contribution in [0.5, 0.6) is 0 Å². The van der Waals surface area contributed by atoms with E-state index in [2.05, 4.69) is 10.1 Å². The van der Waals surface area contributed by atoms with Gasteiger partial charge in [-0.05, 0) is 12.1 Å². The lowest BCUT2D eigenvalue weighted by Crippen LogP contribution is -2.04. The van der Waals surface area contributed by atoms with Gasteiger partial charge in [-0.15, -0.1) is 0 Å². The minimum absolute atomic E-state index is 0.171. The van der Waals surface area contributed by atoms with Crippen LogP contribution in [0.2, 0.25) is 0 Å². The van der Waals surface area contributed by atoms with Gasteiger partial charge in [0.15, 0.2) is 0 Å². The van der Waals surface area contributed by atoms with Gasteiger partial charge in [0, 0.05) is 13.2 Å². The van der Waals surface area contributed by atoms with E-state index in [9.17, 15) is 4.79 Å². The molecule has 0 spiro atoms. The Morgan fingerprint density at radius 1 is 1.47 bits per heavy atom. The van der Waals surface area contributed by atoms with E-state index in [1.54, 1.807) is 36.1 Å². The predicted octanol–water partition coefficient (Wildman–Crippen LogP) is 0.628. The van der Waals surface area contributed by atoms with Gasteiger partial charge in [0.25, 0.3) is 0 Å². The topological polar surface area (TPSA) is 73.8 Å². The van der Waals surface area contributed by atoms with E-state index in [1.807, 2.05) is 0 Å². The lowest BCUT2D eigenvalue weighted by molar-refractivity contribution is 0.103. The fourth-order valence-corrected chi connectivity index (χ4v) is 1.26. The number of nitrogen functional groups attached to an aromatic ring is 1. The van der Waals surface area contributed by atoms with Crippen LogP contribution < -0.4 is 5.73 Å². The summed E-state index contributed by atoms with van der Waals surface area (Å²) in [5.74, 6) is 0.167. The van der Waals surface area contributed by atoms with Gasteiger partial charge in [-0.3, -0.25) is 9.48 Å². The van der Waals surface area contributed by atoms with Gasteiger partial charge >= 0.3 is 0 Å². The zero-order valence-electron chi connectivity index (χ0n) is 8.21. The number of ketones is 1. The summed E-state index contributed by atoms with van der Waals surface area (Å²) in [6.07, 6.45) is 3.15. The molecule has 2 rings (SSSR count). The maximum absolute atomic E-state index is 11.8. The molecule has 0 radical (unpaired) electrons. The van der Waals surface area contributed by atoms with Crippen molar-refractivity contribution >= 4 is 11.6 Å². The number of hydrogen-bond donors (Lipinski definition) is 1. The summed E-state index contributed by atoms with van der Waals surface area (Å²) >= 11 is 0. The molecule has 0 fully saturated rings. The Bertz CT molecular complexity index is 504. The van der Waals surface area contributed by atoms with Crippen molar-refractivity contribution in [3.8, 4) is 0 Å². The molecular weight excluding hydrogens is 192 g/mol. The molecule has 0 aromatic carbocycles. The summed E-state index contributed by atoms with van der Waals surface area (Å²) in [6.45, 7) is 0. The van der Waals surface area contributed by atoms with Crippen LogP contribution in [0.3, 0.4) is 0 Å². The average Bonchev–Trinajstić information content (AvgIpc) is 2.64. The highest BCUT2D eigenvalue weighted by atomic mass is 16.1. The van der Waals surface area contributed by atoms with Crippen molar-refractivity contribution in [1.82, 2.24) is 14.8 Å². The third-order valence-corrected chi connectivity index (χ3v) is 1.97. The Balaban J connectivity index is 2.36. The Kier molecular flexibility index (Phi) is 2.21. The summed E-state index contributed by atoms with van der Waals surface area (Å²) in [4.78, 5) is 15.8. The second-order valence-electron chi connectivity index (χ2n) is 3.18. The molecule has 0 atom stereocenters. The van der Waals surface area contributed by atoms with Gasteiger partial charge in [-0.1, -0.05) is 6.07 Å². The molecule has 2 heterocycles. The first kappa shape index (κ1) is 9.39. The van der Waals surface area contributed by atoms with Crippen molar-refractivity contribution in [2.45, 2.75) is 0 Å². The predicted molar refractivity (Wildman–Crippen MR) is 55.3 cm³/mol. The quantitative estimate of drug-likeness (QED) is 0.725. The van der Waals surface area contributed by atoms with Crippen molar-refractivity contribution in [1.29, 1.82) is 0 Å². The Morgan fingerprint density at radius 2 is 2.27 bits per heavy atom. The lowest BCUT2D eigenvalue weighted by atomic mass is 10.1. The number of pyridine rings is 1. The normalized spacial score (nSPS) is 10.2. The molecule has 0 aliphatic rings. The van der Waals surface area contributed by atoms with Crippen molar-refractivity contribution in [3.63, 3.8) is 0 Å². The maximum Gasteiger partial charge on any atom is 0.214 e. The first-order valence-electron chi connectivity index (χ1n) is 4.42. The molecular formula is C10H10N4O. The van der Waals surface area contributed by atoms with Crippen LogP contribution in [0.25, 0.3) is 0 Å². The van der Waals surface area contributed by atoms with Crippen molar-refractivity contribution in [2.24, 2.45) is 7.05 Å². The van der Waals surface area contributed by atoms with Crippen molar-refractivity contribution in [3.05, 3.63) is 41.9 Å². The summed E-state index contributed by atoms with van der Waals surface area (Å²) in [6, 6.07) is 4.97. The zero-order valence-corrected chi connectivity index (χ0v) is 8.21. The number of anilines is 1. The number of rotatable bonds is 2. The van der Waals surface area contributed by atoms with Gasteiger partial charge in [0.2, 0.25) is 5.78 Å². The van der Waals surface area contributed by atoms with E-state index in [1.165, 1.54) is 6.20 Å². The summed E-state index contributed by atoms with van der Waals surface area (Å²) in [5.41, 5.74) is 6.34. The fraction of sp³-hybridized carbons (Fsp3) is 0.100. The first-order valence-corrected chi connectivity index (χ1v) is 4.42. The number of aryl methyl sites for hydroxylation is 1. The van der Waals surface area contributed by atoms with Gasteiger partial charge in [0.1, 0.15) is 11.5 Å². The Hall–Kier alpha value is -2.17. The molecule has 15 heavy (non-hydrogen) atoms. The second kappa shape index (κ2) is 3.53. The van der Waals surface area contributed by atoms with E-state index >= 15 is 0 Å². The zero-order chi connectivity index (χ0) is 10.8. The van der Waals surface area contributed by atoms with Gasteiger partial charge in [0.05, 0.1) is 11.8 Å². The number of hydrogen-bond acceptors (Lipinski definition) is 4. The molecule has 0 saturated carbocycles. The molecule has 0 bridgehead atoms. The fourth-order valence-electron chi connectivity index (χ4n) is 1.26. The number of nitrogens with zero attached hydrogens (tertiary/aromatic N) is 3. The molecule has 2 N–H and O–H groups in total. The van der Waals surface area contributed by atoms with E-state index in [0.29, 0.717) is 17.1 Å². The molecule has 0 aliphatic carbocycles. The molecule has 76 valence electrons. The number of carbonyl (C=O) groups is 1. The summed E-state index contributed by atoms with van der Waals surface area (Å²) in [7, 11) is 1.75. The van der Waals surface area contributed by atoms with E-state index in [-0.39, 0.29) is 5.78 Å². The Labute approximate surface area is 86.5 Å². The molecule has 5 heteroatoms. The average molecular weight is 202 g/mol. The van der Waals surface area contributed by atoms with Gasteiger partial charge in [-0.2, -0.15) is 5.10 Å². The van der Waals surface area contributed by atoms with Crippen LogP contribution in [0, 0.1) is 0 Å². The highest BCUT2D eigenvalue weighted by Crippen LogP contribution is 2.07. The van der Waals surface area contributed by atoms with Crippen LogP contribution in [0.4, 0.5) is 5.82 Å². The largest absolute Gasteiger partial charge is 0.384 e. The molecule has 0 saturated heterocycles. The first-order chi connectivity index (χ1) is 7.16. The molecule has 5 nitrogen and oxygen atoms in total. The minimum atomic E-state index is -0.171. The van der Waals surface area contributed by atoms with Crippen LogP contribution in [0.15, 0.2) is 30.6 Å². The number of nitrogens with two attached hydrogens (primary N) is 1. The third-order valence-electron chi connectivity index (χ3n) is 1.97. The minimum Gasteiger partial charge on any atom is -0.384 e. The summed E-state index contributed by atoms with van der Waals surface area (Å²) in [5, 5.41) is 3.92. The highest BCUT2D eigenvalue weighted by Gasteiger charge is 2.11. The van der Waals surface area contributed by atoms with Crippen LogP contribution in [-0.4, -0.2) is 20.5 Å².